The zero-order valence-corrected chi connectivity index (χ0v) is 17.1. The number of nitrogens with zero attached hydrogens (tertiary/aromatic N) is 4. The van der Waals surface area contributed by atoms with E-state index in [1.165, 1.54) is 19.3 Å². The molecule has 0 spiro atoms. The molecule has 1 aromatic heterocycles. The lowest BCUT2D eigenvalue weighted by Gasteiger charge is -2.42. The Labute approximate surface area is 172 Å². The van der Waals surface area contributed by atoms with Crippen LogP contribution in [0.3, 0.4) is 0 Å². The SMILES string of the molecule is Cn1cc([C@H]2[C@H](CN3CCCCC3)OCCN2C(=O)C=Cc2ccccc2)cn1. The van der Waals surface area contributed by atoms with Gasteiger partial charge >= 0.3 is 0 Å². The van der Waals surface area contributed by atoms with Crippen LogP contribution in [0, 0.1) is 0 Å². The van der Waals surface area contributed by atoms with Crippen molar-refractivity contribution in [3.63, 3.8) is 0 Å². The fourth-order valence-corrected chi connectivity index (χ4v) is 4.34. The molecule has 2 atom stereocenters. The van der Waals surface area contributed by atoms with Gasteiger partial charge in [-0.05, 0) is 37.6 Å². The van der Waals surface area contributed by atoms with Crippen molar-refractivity contribution in [2.75, 3.05) is 32.8 Å². The third-order valence-electron chi connectivity index (χ3n) is 5.81. The normalized spacial score (nSPS) is 23.6. The lowest BCUT2D eigenvalue weighted by atomic mass is 9.99. The molecule has 3 heterocycles. The molecule has 0 radical (unpaired) electrons. The van der Waals surface area contributed by atoms with Crippen LogP contribution < -0.4 is 0 Å². The van der Waals surface area contributed by atoms with Gasteiger partial charge in [0.1, 0.15) is 0 Å². The third-order valence-corrected chi connectivity index (χ3v) is 5.81. The first-order valence-electron chi connectivity index (χ1n) is 10.6. The molecule has 6 heteroatoms. The number of benzene rings is 1. The highest BCUT2D eigenvalue weighted by atomic mass is 16.5. The molecule has 4 rings (SSSR count). The zero-order valence-electron chi connectivity index (χ0n) is 17.1. The molecule has 0 unspecified atom stereocenters. The highest BCUT2D eigenvalue weighted by molar-refractivity contribution is 5.92. The van der Waals surface area contributed by atoms with Gasteiger partial charge in [0, 0.05) is 38.0 Å². The first kappa shape index (κ1) is 19.9. The van der Waals surface area contributed by atoms with Crippen LogP contribution in [-0.2, 0) is 16.6 Å². The summed E-state index contributed by atoms with van der Waals surface area (Å²) in [5, 5.41) is 4.35. The Hall–Kier alpha value is -2.44. The second kappa shape index (κ2) is 9.37. The molecule has 2 aliphatic heterocycles. The van der Waals surface area contributed by atoms with Crippen molar-refractivity contribution in [1.82, 2.24) is 19.6 Å². The highest BCUT2D eigenvalue weighted by Gasteiger charge is 2.37. The first-order valence-corrected chi connectivity index (χ1v) is 10.6. The van der Waals surface area contributed by atoms with Gasteiger partial charge in [-0.2, -0.15) is 5.10 Å². The molecule has 1 amide bonds. The summed E-state index contributed by atoms with van der Waals surface area (Å²) in [5.74, 6) is 0.0228. The number of carbonyl (C=O) groups is 1. The van der Waals surface area contributed by atoms with E-state index in [0.717, 1.165) is 30.8 Å². The van der Waals surface area contributed by atoms with E-state index in [1.807, 2.05) is 60.7 Å². The van der Waals surface area contributed by atoms with E-state index in [-0.39, 0.29) is 18.1 Å². The summed E-state index contributed by atoms with van der Waals surface area (Å²) >= 11 is 0. The largest absolute Gasteiger partial charge is 0.373 e. The van der Waals surface area contributed by atoms with Crippen molar-refractivity contribution in [3.05, 3.63) is 59.9 Å². The molecule has 154 valence electrons. The minimum absolute atomic E-state index is 0.0228. The van der Waals surface area contributed by atoms with Crippen molar-refractivity contribution >= 4 is 12.0 Å². The van der Waals surface area contributed by atoms with Gasteiger partial charge in [-0.25, -0.2) is 0 Å². The summed E-state index contributed by atoms with van der Waals surface area (Å²) in [7, 11) is 1.91. The number of aromatic nitrogens is 2. The standard InChI is InChI=1S/C23H30N4O2/c1-25-17-20(16-24-25)23-21(18-26-12-6-3-7-13-26)29-15-14-27(23)22(28)11-10-19-8-4-2-5-9-19/h2,4-5,8-11,16-17,21,23H,3,6-7,12-15,18H2,1H3/t21-,23-/m0/s1. The van der Waals surface area contributed by atoms with Gasteiger partial charge in [0.2, 0.25) is 5.91 Å². The molecule has 2 aliphatic rings. The lowest BCUT2D eigenvalue weighted by Crippen LogP contribution is -2.52. The van der Waals surface area contributed by atoms with E-state index in [1.54, 1.807) is 10.8 Å². The number of ether oxygens (including phenoxy) is 1. The maximum absolute atomic E-state index is 13.1. The number of likely N-dealkylation sites (tertiary alicyclic amines) is 1. The van der Waals surface area contributed by atoms with E-state index in [0.29, 0.717) is 13.2 Å². The molecular weight excluding hydrogens is 364 g/mol. The molecule has 2 fully saturated rings. The van der Waals surface area contributed by atoms with Crippen LogP contribution in [0.1, 0.15) is 36.4 Å². The number of aryl methyl sites for hydroxylation is 1. The van der Waals surface area contributed by atoms with Crippen LogP contribution in [-0.4, -0.2) is 64.4 Å². The summed E-state index contributed by atoms with van der Waals surface area (Å²) in [6.07, 6.45) is 11.2. The van der Waals surface area contributed by atoms with Crippen LogP contribution in [0.5, 0.6) is 0 Å². The van der Waals surface area contributed by atoms with E-state index in [2.05, 4.69) is 10.00 Å². The van der Waals surface area contributed by atoms with Crippen LogP contribution >= 0.6 is 0 Å². The Balaban J connectivity index is 1.55. The molecule has 29 heavy (non-hydrogen) atoms. The van der Waals surface area contributed by atoms with Gasteiger partial charge in [0.15, 0.2) is 0 Å². The van der Waals surface area contributed by atoms with Crippen LogP contribution in [0.4, 0.5) is 0 Å². The number of carbonyl (C=O) groups excluding carboxylic acids is 1. The predicted octanol–water partition coefficient (Wildman–Crippen LogP) is 2.89. The van der Waals surface area contributed by atoms with Gasteiger partial charge < -0.3 is 14.5 Å². The third kappa shape index (κ3) is 4.95. The van der Waals surface area contributed by atoms with E-state index in [9.17, 15) is 4.79 Å². The number of morpholine rings is 1. The minimum atomic E-state index is -0.118. The van der Waals surface area contributed by atoms with Gasteiger partial charge in [-0.15, -0.1) is 0 Å². The van der Waals surface area contributed by atoms with Crippen molar-refractivity contribution < 1.29 is 9.53 Å². The van der Waals surface area contributed by atoms with Crippen molar-refractivity contribution in [2.24, 2.45) is 7.05 Å². The molecule has 6 nitrogen and oxygen atoms in total. The van der Waals surface area contributed by atoms with Crippen molar-refractivity contribution in [1.29, 1.82) is 0 Å². The summed E-state index contributed by atoms with van der Waals surface area (Å²) in [4.78, 5) is 17.6. The monoisotopic (exact) mass is 394 g/mol. The van der Waals surface area contributed by atoms with E-state index in [4.69, 9.17) is 4.74 Å². The molecular formula is C23H30N4O2. The van der Waals surface area contributed by atoms with Crippen molar-refractivity contribution in [3.8, 4) is 0 Å². The number of hydrogen-bond acceptors (Lipinski definition) is 4. The smallest absolute Gasteiger partial charge is 0.247 e. The van der Waals surface area contributed by atoms with Gasteiger partial charge in [-0.3, -0.25) is 9.48 Å². The molecule has 0 N–H and O–H groups in total. The number of amides is 1. The van der Waals surface area contributed by atoms with Gasteiger partial charge in [0.25, 0.3) is 0 Å². The Morgan fingerprint density at radius 2 is 1.97 bits per heavy atom. The molecule has 0 aliphatic carbocycles. The number of hydrogen-bond donors (Lipinski definition) is 0. The average Bonchev–Trinajstić information content (AvgIpc) is 3.19. The van der Waals surface area contributed by atoms with Gasteiger partial charge in [0.05, 0.1) is 24.9 Å². The highest BCUT2D eigenvalue weighted by Crippen LogP contribution is 2.31. The molecule has 2 aromatic rings. The molecule has 0 saturated carbocycles. The Morgan fingerprint density at radius 3 is 2.69 bits per heavy atom. The second-order valence-electron chi connectivity index (χ2n) is 7.94. The number of rotatable bonds is 5. The molecule has 2 saturated heterocycles. The second-order valence-corrected chi connectivity index (χ2v) is 7.94. The summed E-state index contributed by atoms with van der Waals surface area (Å²) in [6.45, 7) is 4.24. The first-order chi connectivity index (χ1) is 14.2. The average molecular weight is 395 g/mol. The van der Waals surface area contributed by atoms with Crippen LogP contribution in [0.2, 0.25) is 0 Å². The van der Waals surface area contributed by atoms with Crippen LogP contribution in [0.25, 0.3) is 6.08 Å². The maximum Gasteiger partial charge on any atom is 0.247 e. The quantitative estimate of drug-likeness (QED) is 0.732. The minimum Gasteiger partial charge on any atom is -0.373 e. The summed E-state index contributed by atoms with van der Waals surface area (Å²) < 4.78 is 8.00. The van der Waals surface area contributed by atoms with Crippen molar-refractivity contribution in [2.45, 2.75) is 31.4 Å². The Bertz CT molecular complexity index is 826. The Kier molecular flexibility index (Phi) is 6.42. The van der Waals surface area contributed by atoms with Gasteiger partial charge in [-0.1, -0.05) is 36.8 Å². The summed E-state index contributed by atoms with van der Waals surface area (Å²) in [5.41, 5.74) is 2.06. The fourth-order valence-electron chi connectivity index (χ4n) is 4.34. The maximum atomic E-state index is 13.1. The lowest BCUT2D eigenvalue weighted by molar-refractivity contribution is -0.143. The van der Waals surface area contributed by atoms with Crippen LogP contribution in [0.15, 0.2) is 48.8 Å². The topological polar surface area (TPSA) is 50.6 Å². The predicted molar refractivity (Wildman–Crippen MR) is 113 cm³/mol. The van der Waals surface area contributed by atoms with E-state index >= 15 is 0 Å². The molecule has 1 aromatic carbocycles. The molecule has 0 bridgehead atoms. The van der Waals surface area contributed by atoms with E-state index < -0.39 is 0 Å². The Morgan fingerprint density at radius 1 is 1.17 bits per heavy atom. The summed E-state index contributed by atoms with van der Waals surface area (Å²) in [6, 6.07) is 9.82. The number of piperidine rings is 1. The zero-order chi connectivity index (χ0) is 20.1. The fraction of sp³-hybridized carbons (Fsp3) is 0.478.